The van der Waals surface area contributed by atoms with Gasteiger partial charge in [0.1, 0.15) is 70.2 Å². The SMILES string of the molecule is NCCN(C(C(=O)[O-])c1ccccc1O)C(C(=O)O)c1ccccc1O.NCCN(C(C(=O)[O-])c1ccccc1O)C(C(=O)O)c1ccccc1O.NCCN(C(C(=O)[O-])c1ccccc1O)C(C(=O)O)c1ccccc1O.NCCN(C(C(=O)[O-])c1ccccc1O)C(C(=O)O)c1ccccc1O.[Fe+3].[Na+]. The molecular formula is C72H76FeN8NaO24. The van der Waals surface area contributed by atoms with Gasteiger partial charge in [0.15, 0.2) is 0 Å². The van der Waals surface area contributed by atoms with Gasteiger partial charge in [0.25, 0.3) is 0 Å². The van der Waals surface area contributed by atoms with Gasteiger partial charge in [0, 0.05) is 96.9 Å². The number of phenols is 8. The van der Waals surface area contributed by atoms with Crippen LogP contribution in [0, 0.1) is 0 Å². The molecule has 0 aromatic heterocycles. The molecule has 0 aliphatic carbocycles. The summed E-state index contributed by atoms with van der Waals surface area (Å²) in [7, 11) is 0. The Morgan fingerprint density at radius 3 is 0.462 bits per heavy atom. The van der Waals surface area contributed by atoms with Crippen LogP contribution in [0.15, 0.2) is 194 Å². The maximum Gasteiger partial charge on any atom is 3.00 e. The minimum Gasteiger partial charge on any atom is -0.548 e. The van der Waals surface area contributed by atoms with Crippen molar-refractivity contribution < 1.29 is 167 Å². The predicted octanol–water partition coefficient (Wildman–Crippen LogP) is -3.10. The number of nitrogens with two attached hydrogens (primary N) is 4. The van der Waals surface area contributed by atoms with E-state index in [1.54, 1.807) is 0 Å². The average Bonchev–Trinajstić information content (AvgIpc) is 0.804. The number of carboxylic acids is 8. The molecule has 20 N–H and O–H groups in total. The molecule has 8 unspecified atom stereocenters. The van der Waals surface area contributed by atoms with E-state index < -0.39 is 96.1 Å². The van der Waals surface area contributed by atoms with E-state index in [-0.39, 0.29) is 189 Å². The van der Waals surface area contributed by atoms with E-state index in [4.69, 9.17) is 22.9 Å². The van der Waals surface area contributed by atoms with E-state index in [0.717, 1.165) is 19.6 Å². The van der Waals surface area contributed by atoms with E-state index >= 15 is 0 Å². The third kappa shape index (κ3) is 23.1. The normalized spacial score (nSPS) is 13.1. The van der Waals surface area contributed by atoms with E-state index in [1.807, 2.05) is 0 Å². The zero-order chi connectivity index (χ0) is 77.1. The smallest absolute Gasteiger partial charge is 0.548 e. The largest absolute Gasteiger partial charge is 3.00 e. The summed E-state index contributed by atoms with van der Waals surface area (Å²) in [5.41, 5.74) is 22.2. The zero-order valence-corrected chi connectivity index (χ0v) is 59.6. The zero-order valence-electron chi connectivity index (χ0n) is 56.5. The van der Waals surface area contributed by atoms with Crippen molar-refractivity contribution >= 4 is 47.8 Å². The minimum absolute atomic E-state index is 0. The van der Waals surface area contributed by atoms with Crippen LogP contribution in [0.5, 0.6) is 46.0 Å². The number of hydrogen-bond acceptors (Lipinski definition) is 28. The maximum atomic E-state index is 11.9. The summed E-state index contributed by atoms with van der Waals surface area (Å²) in [6.45, 7) is -0.694. The first-order valence-electron chi connectivity index (χ1n) is 31.3. The monoisotopic (exact) mass is 1520 g/mol. The number of hydrogen-bond donors (Lipinski definition) is 16. The van der Waals surface area contributed by atoms with Crippen LogP contribution in [-0.4, -0.2) is 181 Å². The fraction of sp³-hybridized carbons (Fsp3) is 0.222. The molecule has 0 fully saturated rings. The average molecular weight is 1520 g/mol. The second-order valence-electron chi connectivity index (χ2n) is 22.4. The number of phenolic OH excluding ortho intramolecular Hbond substituents is 8. The molecular weight excluding hydrogens is 1440 g/mol. The van der Waals surface area contributed by atoms with Crippen molar-refractivity contribution in [2.24, 2.45) is 22.9 Å². The molecule has 0 bridgehead atoms. The third-order valence-electron chi connectivity index (χ3n) is 15.9. The standard InChI is InChI=1S/4C18H20N2O6.Fe.Na/c4*19-9-10-20(15(17(23)24)11-5-1-3-7-13(11)21)16(18(25)26)12-6-2-4-8-14(12)22;;/h4*1-8,15-16,21-22H,9-10,19H2,(H,23,24)(H,25,26);;/q;;;;+3;+1/p-4. The molecule has 0 aliphatic heterocycles. The van der Waals surface area contributed by atoms with Crippen molar-refractivity contribution in [1.29, 1.82) is 0 Å². The number of aliphatic carboxylic acids is 8. The Morgan fingerprint density at radius 2 is 0.368 bits per heavy atom. The number of nitrogens with zero attached hydrogens (tertiary/aromatic N) is 4. The van der Waals surface area contributed by atoms with Gasteiger partial charge >= 0.3 is 70.5 Å². The number of para-hydroxylation sites is 8. The van der Waals surface area contributed by atoms with Gasteiger partial charge < -0.3 is 124 Å². The third-order valence-corrected chi connectivity index (χ3v) is 15.9. The van der Waals surface area contributed by atoms with E-state index in [2.05, 4.69) is 0 Å². The molecule has 8 aromatic rings. The molecule has 0 spiro atoms. The number of carboxylic acid groups (broad SMARTS) is 8. The molecule has 0 heterocycles. The first-order valence-corrected chi connectivity index (χ1v) is 31.3. The van der Waals surface area contributed by atoms with E-state index in [9.17, 15) is 120 Å². The van der Waals surface area contributed by atoms with E-state index in [0.29, 0.717) is 0 Å². The van der Waals surface area contributed by atoms with Crippen LogP contribution in [0.4, 0.5) is 0 Å². The Hall–Kier alpha value is -10.9. The number of carbonyl (C=O) groups is 8. The number of aromatic hydroxyl groups is 8. The van der Waals surface area contributed by atoms with Crippen LogP contribution in [0.25, 0.3) is 0 Å². The van der Waals surface area contributed by atoms with Crippen molar-refractivity contribution in [2.45, 2.75) is 48.3 Å². The minimum atomic E-state index is -1.60. The fourth-order valence-electron chi connectivity index (χ4n) is 11.6. The molecule has 0 aliphatic rings. The van der Waals surface area contributed by atoms with Gasteiger partial charge in [-0.3, -0.25) is 38.8 Å². The molecule has 0 saturated heterocycles. The van der Waals surface area contributed by atoms with Crippen LogP contribution in [0.2, 0.25) is 0 Å². The summed E-state index contributed by atoms with van der Waals surface area (Å²) in [6.07, 6.45) is 0. The van der Waals surface area contributed by atoms with Gasteiger partial charge in [-0.05, 0) is 48.5 Å². The summed E-state index contributed by atoms with van der Waals surface area (Å²) < 4.78 is 0. The molecule has 106 heavy (non-hydrogen) atoms. The first kappa shape index (κ1) is 89.3. The van der Waals surface area contributed by atoms with Crippen molar-refractivity contribution in [2.75, 3.05) is 52.4 Å². The molecule has 557 valence electrons. The van der Waals surface area contributed by atoms with Gasteiger partial charge in [-0.25, -0.2) is 0 Å². The Morgan fingerprint density at radius 1 is 0.255 bits per heavy atom. The molecule has 0 amide bonds. The molecule has 1 radical (unpaired) electrons. The number of rotatable bonds is 32. The Kier molecular flexibility index (Phi) is 36.6. The van der Waals surface area contributed by atoms with E-state index in [1.165, 1.54) is 194 Å². The Balaban J connectivity index is 0.000000364. The second-order valence-corrected chi connectivity index (χ2v) is 22.4. The van der Waals surface area contributed by atoms with Crippen molar-refractivity contribution in [3.05, 3.63) is 239 Å². The predicted molar refractivity (Wildman–Crippen MR) is 360 cm³/mol. The van der Waals surface area contributed by atoms with Crippen LogP contribution < -0.4 is 72.9 Å². The summed E-state index contributed by atoms with van der Waals surface area (Å²) >= 11 is 0. The molecule has 8 rings (SSSR count). The van der Waals surface area contributed by atoms with Crippen molar-refractivity contribution in [3.63, 3.8) is 0 Å². The summed E-state index contributed by atoms with van der Waals surface area (Å²) in [6, 6.07) is 33.3. The fourth-order valence-corrected chi connectivity index (χ4v) is 11.6. The molecule has 32 nitrogen and oxygen atoms in total. The summed E-state index contributed by atoms with van der Waals surface area (Å²) in [4.78, 5) is 99.5. The number of benzene rings is 8. The van der Waals surface area contributed by atoms with Gasteiger partial charge in [-0.15, -0.1) is 0 Å². The van der Waals surface area contributed by atoms with Crippen LogP contribution in [-0.2, 0) is 55.4 Å². The molecule has 34 heteroatoms. The van der Waals surface area contributed by atoms with Gasteiger partial charge in [0.05, 0.1) is 48.0 Å². The van der Waals surface area contributed by atoms with Gasteiger partial charge in [0.2, 0.25) is 0 Å². The van der Waals surface area contributed by atoms with Crippen LogP contribution >= 0.6 is 0 Å². The van der Waals surface area contributed by atoms with Crippen LogP contribution in [0.1, 0.15) is 92.8 Å². The van der Waals surface area contributed by atoms with Gasteiger partial charge in [-0.1, -0.05) is 146 Å². The summed E-state index contributed by atoms with van der Waals surface area (Å²) in [5.74, 6) is -14.3. The number of carbonyl (C=O) groups excluding carboxylic acids is 4. The molecule has 8 aromatic carbocycles. The Bertz CT molecular complexity index is 3470. The Labute approximate surface area is 638 Å². The summed E-state index contributed by atoms with van der Waals surface area (Å²) in [5, 5.41) is 167. The molecule has 8 atom stereocenters. The quantitative estimate of drug-likeness (QED) is 0.0186. The second kappa shape index (κ2) is 43.4. The van der Waals surface area contributed by atoms with Crippen LogP contribution in [0.3, 0.4) is 0 Å². The first-order chi connectivity index (χ1) is 49.5. The van der Waals surface area contributed by atoms with Crippen molar-refractivity contribution in [1.82, 2.24) is 19.6 Å². The maximum absolute atomic E-state index is 11.9. The topological polar surface area (TPSA) is 589 Å². The van der Waals surface area contributed by atoms with Gasteiger partial charge in [-0.2, -0.15) is 0 Å². The molecule has 0 saturated carbocycles. The van der Waals surface area contributed by atoms with Crippen molar-refractivity contribution in [3.8, 4) is 46.0 Å².